The Morgan fingerprint density at radius 3 is 2.72 bits per heavy atom. The minimum absolute atomic E-state index is 0.0371. The number of carbonyl (C=O) groups excluding carboxylic acids is 1. The molecule has 4 nitrogen and oxygen atoms in total. The first kappa shape index (κ1) is 12.4. The number of nitriles is 1. The van der Waals surface area contributed by atoms with Crippen molar-refractivity contribution in [3.8, 4) is 6.07 Å². The molecule has 0 bridgehead atoms. The molecule has 0 aromatic heterocycles. The molecule has 0 spiro atoms. The minimum Gasteiger partial charge on any atom is -0.377 e. The number of hydrogen-bond acceptors (Lipinski definition) is 3. The topological polar surface area (TPSA) is 47.3 Å². The van der Waals surface area contributed by atoms with Crippen molar-refractivity contribution in [2.45, 2.75) is 13.3 Å². The summed E-state index contributed by atoms with van der Waals surface area (Å²) in [5, 5.41) is 8.90. The molecule has 1 atom stereocenters. The Morgan fingerprint density at radius 2 is 2.17 bits per heavy atom. The van der Waals surface area contributed by atoms with E-state index in [1.165, 1.54) is 5.56 Å². The van der Waals surface area contributed by atoms with Crippen LogP contribution in [-0.2, 0) is 4.79 Å². The molecule has 0 radical (unpaired) electrons. The van der Waals surface area contributed by atoms with Crippen molar-refractivity contribution in [2.75, 3.05) is 30.4 Å². The van der Waals surface area contributed by atoms with E-state index >= 15 is 0 Å². The second-order valence-electron chi connectivity index (χ2n) is 4.90. The maximum absolute atomic E-state index is 11.9. The van der Waals surface area contributed by atoms with Crippen LogP contribution in [0.1, 0.15) is 12.0 Å². The number of benzene rings is 1. The summed E-state index contributed by atoms with van der Waals surface area (Å²) in [6.45, 7) is 2.55. The molecule has 2 rings (SSSR count). The third-order valence-corrected chi connectivity index (χ3v) is 3.29. The quantitative estimate of drug-likeness (QED) is 0.797. The second-order valence-corrected chi connectivity index (χ2v) is 4.90. The monoisotopic (exact) mass is 243 g/mol. The van der Waals surface area contributed by atoms with Crippen LogP contribution in [0, 0.1) is 24.2 Å². The van der Waals surface area contributed by atoms with Crippen molar-refractivity contribution in [1.29, 1.82) is 5.26 Å². The number of anilines is 2. The minimum atomic E-state index is -0.179. The van der Waals surface area contributed by atoms with Crippen molar-refractivity contribution >= 4 is 17.3 Å². The maximum Gasteiger partial charge on any atom is 0.228 e. The van der Waals surface area contributed by atoms with Crippen molar-refractivity contribution in [1.82, 2.24) is 0 Å². The van der Waals surface area contributed by atoms with Crippen LogP contribution in [0.15, 0.2) is 18.2 Å². The first-order valence-corrected chi connectivity index (χ1v) is 6.01. The molecule has 0 N–H and O–H groups in total. The van der Waals surface area contributed by atoms with Gasteiger partial charge < -0.3 is 9.80 Å². The summed E-state index contributed by atoms with van der Waals surface area (Å²) in [6, 6.07) is 8.13. The Hall–Kier alpha value is -2.02. The fraction of sp³-hybridized carbons (Fsp3) is 0.429. The van der Waals surface area contributed by atoms with Gasteiger partial charge in [-0.2, -0.15) is 5.26 Å². The highest BCUT2D eigenvalue weighted by Gasteiger charge is 2.30. The molecule has 0 aliphatic carbocycles. The van der Waals surface area contributed by atoms with E-state index in [1.54, 1.807) is 4.90 Å². The smallest absolute Gasteiger partial charge is 0.228 e. The molecule has 1 aliphatic heterocycles. The summed E-state index contributed by atoms with van der Waals surface area (Å²) in [5.74, 6) is -0.142. The van der Waals surface area contributed by atoms with Gasteiger partial charge in [0, 0.05) is 38.4 Å². The van der Waals surface area contributed by atoms with E-state index in [-0.39, 0.29) is 11.8 Å². The van der Waals surface area contributed by atoms with Gasteiger partial charge in [0.05, 0.1) is 12.0 Å². The largest absolute Gasteiger partial charge is 0.377 e. The molecule has 1 amide bonds. The van der Waals surface area contributed by atoms with Gasteiger partial charge in [-0.3, -0.25) is 4.79 Å². The lowest BCUT2D eigenvalue weighted by Crippen LogP contribution is -2.24. The molecular weight excluding hydrogens is 226 g/mol. The normalized spacial score (nSPS) is 18.9. The third kappa shape index (κ3) is 2.17. The maximum atomic E-state index is 11.9. The van der Waals surface area contributed by atoms with Gasteiger partial charge in [0.2, 0.25) is 5.91 Å². The van der Waals surface area contributed by atoms with Gasteiger partial charge in [0.15, 0.2) is 0 Å². The van der Waals surface area contributed by atoms with Crippen LogP contribution in [0.3, 0.4) is 0 Å². The first-order valence-electron chi connectivity index (χ1n) is 6.01. The lowest BCUT2D eigenvalue weighted by atomic mass is 10.1. The molecule has 1 fully saturated rings. The Morgan fingerprint density at radius 1 is 1.44 bits per heavy atom. The summed E-state index contributed by atoms with van der Waals surface area (Å²) in [5.41, 5.74) is 3.15. The molecule has 0 saturated carbocycles. The Kier molecular flexibility index (Phi) is 3.24. The molecule has 1 aliphatic rings. The molecule has 1 saturated heterocycles. The Labute approximate surface area is 107 Å². The van der Waals surface area contributed by atoms with Gasteiger partial charge in [-0.25, -0.2) is 0 Å². The van der Waals surface area contributed by atoms with Crippen LogP contribution in [0.5, 0.6) is 0 Å². The van der Waals surface area contributed by atoms with E-state index in [4.69, 9.17) is 5.26 Å². The number of nitrogens with zero attached hydrogens (tertiary/aromatic N) is 3. The van der Waals surface area contributed by atoms with E-state index in [0.717, 1.165) is 11.4 Å². The summed E-state index contributed by atoms with van der Waals surface area (Å²) >= 11 is 0. The van der Waals surface area contributed by atoms with Crippen LogP contribution in [-0.4, -0.2) is 26.5 Å². The van der Waals surface area contributed by atoms with Crippen molar-refractivity contribution < 1.29 is 4.79 Å². The number of amides is 1. The zero-order chi connectivity index (χ0) is 13.3. The highest BCUT2D eigenvalue weighted by molar-refractivity contribution is 5.96. The van der Waals surface area contributed by atoms with E-state index < -0.39 is 0 Å². The lowest BCUT2D eigenvalue weighted by molar-refractivity contribution is -0.117. The van der Waals surface area contributed by atoms with Crippen LogP contribution in [0.2, 0.25) is 0 Å². The number of hydrogen-bond donors (Lipinski definition) is 0. The van der Waals surface area contributed by atoms with Crippen LogP contribution in [0.25, 0.3) is 0 Å². The van der Waals surface area contributed by atoms with Crippen LogP contribution >= 0.6 is 0 Å². The van der Waals surface area contributed by atoms with Crippen molar-refractivity contribution in [3.63, 3.8) is 0 Å². The Bertz CT molecular complexity index is 516. The summed E-state index contributed by atoms with van der Waals surface area (Å²) in [4.78, 5) is 15.6. The van der Waals surface area contributed by atoms with E-state index in [1.807, 2.05) is 44.1 Å². The van der Waals surface area contributed by atoms with Gasteiger partial charge in [-0.05, 0) is 24.6 Å². The molecule has 1 aromatic rings. The molecule has 1 unspecified atom stereocenters. The van der Waals surface area contributed by atoms with Gasteiger partial charge >= 0.3 is 0 Å². The van der Waals surface area contributed by atoms with Crippen LogP contribution < -0.4 is 9.80 Å². The fourth-order valence-electron chi connectivity index (χ4n) is 2.29. The number of rotatable bonds is 2. The summed E-state index contributed by atoms with van der Waals surface area (Å²) in [6.07, 6.45) is 0.335. The fourth-order valence-corrected chi connectivity index (χ4v) is 2.29. The molecule has 18 heavy (non-hydrogen) atoms. The first-order chi connectivity index (χ1) is 8.52. The standard InChI is InChI=1S/C14H17N3O/c1-10-4-5-12(7-13(10)16(2)3)17-9-11(8-15)6-14(17)18/h4-5,7,11H,6,9H2,1-3H3. The zero-order valence-electron chi connectivity index (χ0n) is 11.0. The van der Waals surface area contributed by atoms with E-state index in [2.05, 4.69) is 6.07 Å². The van der Waals surface area contributed by atoms with Gasteiger partial charge in [-0.15, -0.1) is 0 Å². The third-order valence-electron chi connectivity index (χ3n) is 3.29. The van der Waals surface area contributed by atoms with Crippen molar-refractivity contribution in [2.24, 2.45) is 5.92 Å². The highest BCUT2D eigenvalue weighted by atomic mass is 16.2. The highest BCUT2D eigenvalue weighted by Crippen LogP contribution is 2.29. The molecule has 1 aromatic carbocycles. The predicted molar refractivity (Wildman–Crippen MR) is 71.6 cm³/mol. The van der Waals surface area contributed by atoms with E-state index in [0.29, 0.717) is 13.0 Å². The SMILES string of the molecule is Cc1ccc(N2CC(C#N)CC2=O)cc1N(C)C. The van der Waals surface area contributed by atoms with Gasteiger partial charge in [-0.1, -0.05) is 6.07 Å². The molecule has 4 heteroatoms. The van der Waals surface area contributed by atoms with E-state index in [9.17, 15) is 4.79 Å². The molecular formula is C14H17N3O. The predicted octanol–water partition coefficient (Wildman–Crippen LogP) is 1.94. The van der Waals surface area contributed by atoms with Gasteiger partial charge in [0.1, 0.15) is 0 Å². The summed E-state index contributed by atoms with van der Waals surface area (Å²) < 4.78 is 0. The second kappa shape index (κ2) is 4.69. The van der Waals surface area contributed by atoms with Crippen LogP contribution in [0.4, 0.5) is 11.4 Å². The molecule has 1 heterocycles. The van der Waals surface area contributed by atoms with Gasteiger partial charge in [0.25, 0.3) is 0 Å². The average molecular weight is 243 g/mol. The lowest BCUT2D eigenvalue weighted by Gasteiger charge is -2.21. The Balaban J connectivity index is 2.33. The number of carbonyl (C=O) groups is 1. The number of aryl methyl sites for hydroxylation is 1. The van der Waals surface area contributed by atoms with Crippen molar-refractivity contribution in [3.05, 3.63) is 23.8 Å². The average Bonchev–Trinajstić information content (AvgIpc) is 2.71. The zero-order valence-corrected chi connectivity index (χ0v) is 11.0. The molecule has 94 valence electrons. The summed E-state index contributed by atoms with van der Waals surface area (Å²) in [7, 11) is 3.96.